The molecule has 4 N–H and O–H groups in total. The number of primary amides is 1. The Morgan fingerprint density at radius 1 is 1.30 bits per heavy atom. The monoisotopic (exact) mass is 564 g/mol. The van der Waals surface area contributed by atoms with Crippen LogP contribution < -0.4 is 11.5 Å². The average molecular weight is 566 g/mol. The highest BCUT2D eigenvalue weighted by molar-refractivity contribution is 9.11. The maximum Gasteiger partial charge on any atom is 0.416 e. The molecule has 3 aromatic rings. The van der Waals surface area contributed by atoms with Crippen molar-refractivity contribution in [2.75, 3.05) is 6.54 Å². The summed E-state index contributed by atoms with van der Waals surface area (Å²) < 4.78 is 43.2. The molecule has 0 spiro atoms. The van der Waals surface area contributed by atoms with E-state index in [0.717, 1.165) is 17.4 Å². The Hall–Kier alpha value is -1.69. The normalized spacial score (nSPS) is 12.9. The molecule has 1 aromatic carbocycles. The maximum absolute atomic E-state index is 13.4. The molecule has 3 rings (SSSR count). The van der Waals surface area contributed by atoms with E-state index in [9.17, 15) is 18.0 Å². The first-order valence-electron chi connectivity index (χ1n) is 8.71. The van der Waals surface area contributed by atoms with E-state index >= 15 is 0 Å². The van der Waals surface area contributed by atoms with Gasteiger partial charge in [-0.05, 0) is 62.0 Å². The van der Waals surface area contributed by atoms with Crippen molar-refractivity contribution in [2.24, 2.45) is 18.5 Å². The Balaban J connectivity index is 2.13. The third-order valence-corrected chi connectivity index (χ3v) is 7.59. The number of alkyl halides is 3. The van der Waals surface area contributed by atoms with Gasteiger partial charge in [-0.25, -0.2) is 0 Å². The van der Waals surface area contributed by atoms with Crippen molar-refractivity contribution in [1.82, 2.24) is 9.78 Å². The number of carbonyl (C=O) groups excluding carboxylic acids is 1. The number of thiophene rings is 1. The second-order valence-corrected chi connectivity index (χ2v) is 9.28. The number of hydrogen-bond donors (Lipinski definition) is 2. The van der Waals surface area contributed by atoms with Crippen molar-refractivity contribution in [2.45, 2.75) is 18.5 Å². The molecule has 0 unspecified atom stereocenters. The van der Waals surface area contributed by atoms with Gasteiger partial charge in [0.1, 0.15) is 0 Å². The lowest BCUT2D eigenvalue weighted by Crippen LogP contribution is -2.21. The zero-order valence-corrected chi connectivity index (χ0v) is 19.6. The van der Waals surface area contributed by atoms with Crippen LogP contribution in [0.5, 0.6) is 0 Å². The van der Waals surface area contributed by atoms with Crippen LogP contribution in [0, 0.1) is 0 Å². The summed E-state index contributed by atoms with van der Waals surface area (Å²) in [5.74, 6) is -1.22. The Labute approximate surface area is 191 Å². The molecule has 0 radical (unpaired) electrons. The number of aryl methyl sites for hydroxylation is 1. The summed E-state index contributed by atoms with van der Waals surface area (Å²) in [4.78, 5) is 13.1. The van der Waals surface area contributed by atoms with E-state index in [0.29, 0.717) is 25.1 Å². The van der Waals surface area contributed by atoms with Gasteiger partial charge < -0.3 is 11.5 Å². The minimum atomic E-state index is -4.49. The van der Waals surface area contributed by atoms with Crippen LogP contribution in [-0.2, 0) is 19.6 Å². The number of halogens is 5. The fraction of sp³-hybridized carbons (Fsp3) is 0.263. The van der Waals surface area contributed by atoms with Crippen LogP contribution in [0.3, 0.4) is 0 Å². The summed E-state index contributed by atoms with van der Waals surface area (Å²) in [6.07, 6.45) is -2.86. The molecule has 11 heteroatoms. The molecule has 5 nitrogen and oxygen atoms in total. The van der Waals surface area contributed by atoms with Crippen molar-refractivity contribution < 1.29 is 18.0 Å². The van der Waals surface area contributed by atoms with Crippen LogP contribution in [-0.4, -0.2) is 22.2 Å². The minimum absolute atomic E-state index is 0.00773. The first-order valence-corrected chi connectivity index (χ1v) is 11.1. The van der Waals surface area contributed by atoms with Gasteiger partial charge >= 0.3 is 6.18 Å². The summed E-state index contributed by atoms with van der Waals surface area (Å²) in [7, 11) is 1.75. The van der Waals surface area contributed by atoms with Gasteiger partial charge in [-0.2, -0.15) is 18.3 Å². The van der Waals surface area contributed by atoms with E-state index in [4.69, 9.17) is 11.5 Å². The molecule has 0 saturated heterocycles. The van der Waals surface area contributed by atoms with Gasteiger partial charge in [-0.1, -0.05) is 18.2 Å². The highest BCUT2D eigenvalue weighted by Gasteiger charge is 2.35. The number of carbonyl (C=O) groups is 1. The summed E-state index contributed by atoms with van der Waals surface area (Å²) >= 11 is 8.12. The van der Waals surface area contributed by atoms with Gasteiger partial charge in [-0.3, -0.25) is 9.48 Å². The highest BCUT2D eigenvalue weighted by atomic mass is 79.9. The van der Waals surface area contributed by atoms with Gasteiger partial charge in [0.2, 0.25) is 0 Å². The Bertz CT molecular complexity index is 1070. The first kappa shape index (κ1) is 23.0. The third-order valence-electron chi connectivity index (χ3n) is 4.70. The molecule has 1 amide bonds. The molecule has 1 atom stereocenters. The second kappa shape index (κ2) is 8.81. The SMILES string of the molecule is Cn1ncc(Br)c1-c1sc(C(N)=O)c([C@@H](CN)Cc2ccccc2C(F)(F)F)c1Br. The summed E-state index contributed by atoms with van der Waals surface area (Å²) in [5.41, 5.74) is 12.2. The van der Waals surface area contributed by atoms with Crippen molar-refractivity contribution >= 4 is 49.1 Å². The minimum Gasteiger partial charge on any atom is -0.365 e. The van der Waals surface area contributed by atoms with Crippen LogP contribution in [0.2, 0.25) is 0 Å². The molecule has 2 aromatic heterocycles. The standard InChI is InChI=1S/C19H17Br2F3N4OS/c1-28-15(12(20)8-27-28)17-14(21)13(16(30-17)18(26)29)10(7-25)6-9-4-2-3-5-11(9)19(22,23)24/h2-5,8,10H,6-7,25H2,1H3,(H2,26,29)/t10-/m1/s1. The molecule has 0 aliphatic carbocycles. The van der Waals surface area contributed by atoms with Crippen LogP contribution in [0.4, 0.5) is 13.2 Å². The summed E-state index contributed by atoms with van der Waals surface area (Å²) in [6.45, 7) is 0.0355. The van der Waals surface area contributed by atoms with Gasteiger partial charge in [0.05, 0.1) is 31.7 Å². The third kappa shape index (κ3) is 4.34. The van der Waals surface area contributed by atoms with Crippen molar-refractivity contribution in [3.8, 4) is 10.6 Å². The molecule has 0 aliphatic rings. The zero-order chi connectivity index (χ0) is 22.2. The molecule has 0 saturated carbocycles. The van der Waals surface area contributed by atoms with Gasteiger partial charge in [0.25, 0.3) is 5.91 Å². The molecule has 0 aliphatic heterocycles. The molecule has 30 heavy (non-hydrogen) atoms. The predicted molar refractivity (Wildman–Crippen MR) is 117 cm³/mol. The summed E-state index contributed by atoms with van der Waals surface area (Å²) in [6, 6.07) is 5.36. The Morgan fingerprint density at radius 2 is 1.97 bits per heavy atom. The highest BCUT2D eigenvalue weighted by Crippen LogP contribution is 2.46. The van der Waals surface area contributed by atoms with Crippen LogP contribution in [0.1, 0.15) is 32.3 Å². The van der Waals surface area contributed by atoms with E-state index in [2.05, 4.69) is 37.0 Å². The average Bonchev–Trinajstić information content (AvgIpc) is 3.18. The van der Waals surface area contributed by atoms with E-state index in [-0.39, 0.29) is 23.4 Å². The van der Waals surface area contributed by atoms with E-state index < -0.39 is 23.6 Å². The number of hydrogen-bond acceptors (Lipinski definition) is 4. The number of benzene rings is 1. The lowest BCUT2D eigenvalue weighted by atomic mass is 9.89. The van der Waals surface area contributed by atoms with Gasteiger partial charge in [-0.15, -0.1) is 11.3 Å². The molecular weight excluding hydrogens is 549 g/mol. The second-order valence-electron chi connectivity index (χ2n) is 6.61. The van der Waals surface area contributed by atoms with Crippen molar-refractivity contribution in [1.29, 1.82) is 0 Å². The number of aromatic nitrogens is 2. The lowest BCUT2D eigenvalue weighted by molar-refractivity contribution is -0.138. The summed E-state index contributed by atoms with van der Waals surface area (Å²) in [5, 5.41) is 4.18. The van der Waals surface area contributed by atoms with Crippen LogP contribution >= 0.6 is 43.2 Å². The van der Waals surface area contributed by atoms with E-state index in [1.54, 1.807) is 24.0 Å². The fourth-order valence-electron chi connectivity index (χ4n) is 3.33. The van der Waals surface area contributed by atoms with Crippen LogP contribution in [0.15, 0.2) is 39.4 Å². The molecule has 160 valence electrons. The predicted octanol–water partition coefficient (Wildman–Crippen LogP) is 5.08. The van der Waals surface area contributed by atoms with Gasteiger partial charge in [0, 0.05) is 17.4 Å². The maximum atomic E-state index is 13.4. The van der Waals surface area contributed by atoms with Crippen molar-refractivity contribution in [3.05, 3.63) is 61.0 Å². The number of nitrogens with two attached hydrogens (primary N) is 2. The quantitative estimate of drug-likeness (QED) is 0.437. The van der Waals surface area contributed by atoms with Crippen molar-refractivity contribution in [3.63, 3.8) is 0 Å². The molecule has 0 bridgehead atoms. The van der Waals surface area contributed by atoms with Crippen LogP contribution in [0.25, 0.3) is 10.6 Å². The molecular formula is C19H17Br2F3N4OS. The van der Waals surface area contributed by atoms with Gasteiger partial charge in [0.15, 0.2) is 0 Å². The number of nitrogens with zero attached hydrogens (tertiary/aromatic N) is 2. The Morgan fingerprint density at radius 3 is 2.50 bits per heavy atom. The molecule has 2 heterocycles. The number of amides is 1. The molecule has 0 fully saturated rings. The van der Waals surface area contributed by atoms with E-state index in [1.165, 1.54) is 12.1 Å². The number of rotatable bonds is 6. The fourth-order valence-corrected chi connectivity index (χ4v) is 6.32. The lowest BCUT2D eigenvalue weighted by Gasteiger charge is -2.19. The largest absolute Gasteiger partial charge is 0.416 e. The first-order chi connectivity index (χ1) is 14.1. The smallest absolute Gasteiger partial charge is 0.365 e. The zero-order valence-electron chi connectivity index (χ0n) is 15.6. The Kier molecular flexibility index (Phi) is 6.75. The topological polar surface area (TPSA) is 86.9 Å². The van der Waals surface area contributed by atoms with E-state index in [1.807, 2.05) is 0 Å².